The molecule has 0 amide bonds. The van der Waals surface area contributed by atoms with Crippen molar-refractivity contribution in [3.05, 3.63) is 66.1 Å². The van der Waals surface area contributed by atoms with E-state index in [1.54, 1.807) is 18.2 Å². The summed E-state index contributed by atoms with van der Waals surface area (Å²) < 4.78 is 5.59. The molecule has 1 aromatic carbocycles. The van der Waals surface area contributed by atoms with E-state index < -0.39 is 12.1 Å². The van der Waals surface area contributed by atoms with Gasteiger partial charge in [-0.1, -0.05) is 42.0 Å². The molecule has 1 aliphatic carbocycles. The van der Waals surface area contributed by atoms with E-state index in [0.29, 0.717) is 30.4 Å². The fourth-order valence-electron chi connectivity index (χ4n) is 3.53. The Morgan fingerprint density at radius 2 is 2.10 bits per heavy atom. The molecule has 0 saturated heterocycles. The van der Waals surface area contributed by atoms with Crippen molar-refractivity contribution < 1.29 is 24.2 Å². The van der Waals surface area contributed by atoms with Crippen molar-refractivity contribution in [1.29, 1.82) is 0 Å². The first-order chi connectivity index (χ1) is 14.0. The lowest BCUT2D eigenvalue weighted by atomic mass is 9.87. The van der Waals surface area contributed by atoms with Gasteiger partial charge in [0.15, 0.2) is 11.4 Å². The number of allylic oxidation sites excluding steroid dienone is 5. The Hall–Kier alpha value is -2.99. The zero-order valence-corrected chi connectivity index (χ0v) is 16.3. The van der Waals surface area contributed by atoms with Crippen molar-refractivity contribution in [2.75, 3.05) is 0 Å². The second-order valence-corrected chi connectivity index (χ2v) is 7.27. The van der Waals surface area contributed by atoms with Gasteiger partial charge in [0.2, 0.25) is 5.89 Å². The second kappa shape index (κ2) is 9.47. The van der Waals surface area contributed by atoms with Gasteiger partial charge in [0, 0.05) is 18.3 Å². The van der Waals surface area contributed by atoms with E-state index in [1.165, 1.54) is 0 Å². The highest BCUT2D eigenvalue weighted by atomic mass is 16.4. The van der Waals surface area contributed by atoms with Crippen LogP contribution in [0.1, 0.15) is 44.6 Å². The quantitative estimate of drug-likeness (QED) is 0.483. The molecule has 6 heteroatoms. The van der Waals surface area contributed by atoms with Crippen LogP contribution in [0.25, 0.3) is 11.1 Å². The van der Waals surface area contributed by atoms with Gasteiger partial charge in [-0.25, -0.2) is 4.98 Å². The van der Waals surface area contributed by atoms with Gasteiger partial charge in [0.25, 0.3) is 0 Å². The number of aliphatic hydroxyl groups excluding tert-OH is 1. The van der Waals surface area contributed by atoms with Gasteiger partial charge >= 0.3 is 5.97 Å². The Balaban J connectivity index is 1.62. The number of aliphatic hydroxyl groups is 1. The molecule has 0 saturated carbocycles. The molecule has 2 N–H and O–H groups in total. The number of nitrogens with zero attached hydrogens (tertiary/aromatic N) is 1. The van der Waals surface area contributed by atoms with Crippen molar-refractivity contribution in [2.24, 2.45) is 11.8 Å². The maximum Gasteiger partial charge on any atom is 0.303 e. The first-order valence-corrected chi connectivity index (χ1v) is 9.76. The average molecular weight is 395 g/mol. The smallest absolute Gasteiger partial charge is 0.303 e. The van der Waals surface area contributed by atoms with E-state index in [2.05, 4.69) is 4.98 Å². The molecule has 0 radical (unpaired) electrons. The third kappa shape index (κ3) is 5.29. The summed E-state index contributed by atoms with van der Waals surface area (Å²) >= 11 is 0. The third-order valence-electron chi connectivity index (χ3n) is 5.08. The van der Waals surface area contributed by atoms with Crippen molar-refractivity contribution in [2.45, 2.75) is 38.7 Å². The topological polar surface area (TPSA) is 101 Å². The molecule has 6 nitrogen and oxygen atoms in total. The number of aliphatic carboxylic acids is 1. The zero-order chi connectivity index (χ0) is 20.8. The normalized spacial score (nSPS) is 20.8. The summed E-state index contributed by atoms with van der Waals surface area (Å²) in [6.45, 7) is 1.91. The van der Waals surface area contributed by atoms with Crippen LogP contribution in [0, 0.1) is 11.8 Å². The van der Waals surface area contributed by atoms with Crippen molar-refractivity contribution in [3.8, 4) is 0 Å². The van der Waals surface area contributed by atoms with Gasteiger partial charge in [0.05, 0.1) is 0 Å². The number of oxazole rings is 1. The number of fused-ring (bicyclic) bond motifs is 1. The number of carbonyl (C=O) groups excluding carboxylic acids is 1. The number of benzene rings is 1. The minimum absolute atomic E-state index is 0.0729. The van der Waals surface area contributed by atoms with Gasteiger partial charge < -0.3 is 14.6 Å². The lowest BCUT2D eigenvalue weighted by molar-refractivity contribution is -0.137. The molecule has 29 heavy (non-hydrogen) atoms. The van der Waals surface area contributed by atoms with Crippen molar-refractivity contribution in [1.82, 2.24) is 4.98 Å². The highest BCUT2D eigenvalue weighted by Gasteiger charge is 2.31. The van der Waals surface area contributed by atoms with Crippen LogP contribution in [0.4, 0.5) is 0 Å². The van der Waals surface area contributed by atoms with Gasteiger partial charge in [-0.05, 0) is 44.4 Å². The van der Waals surface area contributed by atoms with Gasteiger partial charge in [-0.15, -0.1) is 0 Å². The lowest BCUT2D eigenvalue weighted by Gasteiger charge is -2.16. The Bertz CT molecular complexity index is 936. The molecule has 0 aliphatic heterocycles. The fourth-order valence-corrected chi connectivity index (χ4v) is 3.53. The van der Waals surface area contributed by atoms with Crippen LogP contribution in [0.2, 0.25) is 0 Å². The number of para-hydroxylation sites is 2. The summed E-state index contributed by atoms with van der Waals surface area (Å²) in [6, 6.07) is 7.32. The molecule has 1 heterocycles. The number of hydrogen-bond acceptors (Lipinski definition) is 5. The number of unbranched alkanes of at least 4 members (excludes halogenated alkanes) is 1. The predicted octanol–water partition coefficient (Wildman–Crippen LogP) is 4.38. The molecule has 0 bridgehead atoms. The SMILES string of the molecule is CC1=CC(=O)[C@H](CC=CCCCC(=O)O)[C@H]1C=C[C@@H](O)c1nc2ccccc2o1. The van der Waals surface area contributed by atoms with Crippen molar-refractivity contribution >= 4 is 22.9 Å². The summed E-state index contributed by atoms with van der Waals surface area (Å²) in [5.74, 6) is -0.804. The maximum atomic E-state index is 12.3. The molecular weight excluding hydrogens is 370 g/mol. The Labute approximate surface area is 169 Å². The standard InChI is InChI=1S/C23H25NO5/c1-15-14-20(26)17(8-4-2-3-5-11-22(27)28)16(15)12-13-19(25)23-24-18-9-6-7-10-21(18)29-23/h2,4,6-7,9-10,12-14,16-17,19,25H,3,5,8,11H2,1H3,(H,27,28)/t16-,17+,19+/m0/s1. The maximum absolute atomic E-state index is 12.3. The van der Waals surface area contributed by atoms with Gasteiger partial charge in [0.1, 0.15) is 11.6 Å². The van der Waals surface area contributed by atoms with Crippen LogP contribution in [0.3, 0.4) is 0 Å². The zero-order valence-electron chi connectivity index (χ0n) is 16.3. The largest absolute Gasteiger partial charge is 0.481 e. The highest BCUT2D eigenvalue weighted by molar-refractivity contribution is 5.96. The molecule has 1 aliphatic rings. The van der Waals surface area contributed by atoms with Crippen LogP contribution in [0.15, 0.2) is 64.6 Å². The van der Waals surface area contributed by atoms with Crippen LogP contribution in [-0.4, -0.2) is 26.9 Å². The summed E-state index contributed by atoms with van der Waals surface area (Å²) in [5, 5.41) is 19.1. The average Bonchev–Trinajstić information content (AvgIpc) is 3.23. The number of rotatable bonds is 9. The minimum Gasteiger partial charge on any atom is -0.481 e. The Morgan fingerprint density at radius 3 is 2.86 bits per heavy atom. The summed E-state index contributed by atoms with van der Waals surface area (Å²) in [5.41, 5.74) is 2.27. The Kier molecular flexibility index (Phi) is 6.77. The predicted molar refractivity (Wildman–Crippen MR) is 109 cm³/mol. The number of carboxylic acid groups (broad SMARTS) is 1. The molecular formula is C23H25NO5. The Morgan fingerprint density at radius 1 is 1.31 bits per heavy atom. The minimum atomic E-state index is -0.988. The van der Waals surface area contributed by atoms with E-state index in [4.69, 9.17) is 9.52 Å². The molecule has 2 aromatic rings. The first kappa shape index (κ1) is 20.7. The van der Waals surface area contributed by atoms with Crippen LogP contribution < -0.4 is 0 Å². The monoisotopic (exact) mass is 395 g/mol. The van der Waals surface area contributed by atoms with E-state index in [1.807, 2.05) is 43.4 Å². The van der Waals surface area contributed by atoms with E-state index >= 15 is 0 Å². The number of aromatic nitrogens is 1. The fraction of sp³-hybridized carbons (Fsp3) is 0.348. The highest BCUT2D eigenvalue weighted by Crippen LogP contribution is 2.34. The number of ketones is 1. The van der Waals surface area contributed by atoms with Crippen molar-refractivity contribution in [3.63, 3.8) is 0 Å². The summed E-state index contributed by atoms with van der Waals surface area (Å²) in [4.78, 5) is 27.1. The van der Waals surface area contributed by atoms with Crippen LogP contribution >= 0.6 is 0 Å². The second-order valence-electron chi connectivity index (χ2n) is 7.27. The molecule has 1 aromatic heterocycles. The molecule has 0 unspecified atom stereocenters. The number of hydrogen-bond donors (Lipinski definition) is 2. The first-order valence-electron chi connectivity index (χ1n) is 9.76. The summed E-state index contributed by atoms with van der Waals surface area (Å²) in [6.07, 6.45) is 9.99. The summed E-state index contributed by atoms with van der Waals surface area (Å²) in [7, 11) is 0. The van der Waals surface area contributed by atoms with Crippen LogP contribution in [0.5, 0.6) is 0 Å². The number of carbonyl (C=O) groups is 2. The molecule has 3 rings (SSSR count). The van der Waals surface area contributed by atoms with Gasteiger partial charge in [-0.3, -0.25) is 9.59 Å². The molecule has 0 spiro atoms. The van der Waals surface area contributed by atoms with E-state index in [-0.39, 0.29) is 29.9 Å². The molecule has 3 atom stereocenters. The van der Waals surface area contributed by atoms with E-state index in [0.717, 1.165) is 5.57 Å². The lowest BCUT2D eigenvalue weighted by Crippen LogP contribution is -2.15. The van der Waals surface area contributed by atoms with Crippen LogP contribution in [-0.2, 0) is 9.59 Å². The van der Waals surface area contributed by atoms with Gasteiger partial charge in [-0.2, -0.15) is 0 Å². The third-order valence-corrected chi connectivity index (χ3v) is 5.08. The van der Waals surface area contributed by atoms with E-state index in [9.17, 15) is 14.7 Å². The number of carboxylic acids is 1. The molecule has 152 valence electrons. The molecule has 0 fully saturated rings.